The van der Waals surface area contributed by atoms with E-state index in [1.807, 2.05) is 33.8 Å². The molecule has 0 spiro atoms. The van der Waals surface area contributed by atoms with Crippen molar-refractivity contribution in [1.82, 2.24) is 0 Å². The SMILES string of the molecule is C=C/C(=C\C)CN(C(=C)C/C=C/C)c1ccc(C)cc1C.CC. The molecule has 0 atom stereocenters. The number of hydrogen-bond acceptors (Lipinski definition) is 1. The van der Waals surface area contributed by atoms with Crippen LogP contribution in [0.5, 0.6) is 0 Å². The van der Waals surface area contributed by atoms with Crippen molar-refractivity contribution in [2.24, 2.45) is 0 Å². The molecule has 0 N–H and O–H groups in total. The highest BCUT2D eigenvalue weighted by Crippen LogP contribution is 2.26. The van der Waals surface area contributed by atoms with Crippen molar-refractivity contribution >= 4 is 5.69 Å². The number of anilines is 1. The molecule has 0 unspecified atom stereocenters. The molecule has 23 heavy (non-hydrogen) atoms. The third-order valence-electron chi connectivity index (χ3n) is 3.59. The number of aryl methyl sites for hydroxylation is 2. The zero-order chi connectivity index (χ0) is 17.8. The zero-order valence-corrected chi connectivity index (χ0v) is 15.8. The molecule has 126 valence electrons. The van der Waals surface area contributed by atoms with Gasteiger partial charge in [-0.2, -0.15) is 0 Å². The molecule has 1 aromatic rings. The number of nitrogens with zero attached hydrogens (tertiary/aromatic N) is 1. The first-order valence-electron chi connectivity index (χ1n) is 8.44. The fraction of sp³-hybridized carbons (Fsp3) is 0.364. The van der Waals surface area contributed by atoms with Crippen LogP contribution in [0.25, 0.3) is 0 Å². The van der Waals surface area contributed by atoms with Crippen LogP contribution in [0.15, 0.2) is 66.9 Å². The van der Waals surface area contributed by atoms with Crippen LogP contribution in [-0.2, 0) is 0 Å². The Kier molecular flexibility index (Phi) is 10.5. The lowest BCUT2D eigenvalue weighted by atomic mass is 10.1. The second-order valence-corrected chi connectivity index (χ2v) is 5.28. The van der Waals surface area contributed by atoms with Gasteiger partial charge in [-0.25, -0.2) is 0 Å². The molecule has 0 heterocycles. The van der Waals surface area contributed by atoms with E-state index in [1.54, 1.807) is 0 Å². The van der Waals surface area contributed by atoms with Gasteiger partial charge in [-0.1, -0.05) is 69.0 Å². The molecule has 0 aromatic heterocycles. The normalized spacial score (nSPS) is 11.0. The predicted molar refractivity (Wildman–Crippen MR) is 107 cm³/mol. The molecule has 1 nitrogen and oxygen atoms in total. The average Bonchev–Trinajstić information content (AvgIpc) is 2.56. The van der Waals surface area contributed by atoms with Crippen molar-refractivity contribution in [1.29, 1.82) is 0 Å². The Morgan fingerprint density at radius 1 is 1.17 bits per heavy atom. The van der Waals surface area contributed by atoms with Gasteiger partial charge >= 0.3 is 0 Å². The highest BCUT2D eigenvalue weighted by Gasteiger charge is 2.13. The van der Waals surface area contributed by atoms with Crippen LogP contribution in [0.4, 0.5) is 5.69 Å². The van der Waals surface area contributed by atoms with Crippen molar-refractivity contribution in [3.05, 3.63) is 78.1 Å². The second-order valence-electron chi connectivity index (χ2n) is 5.28. The molecule has 0 bridgehead atoms. The Labute approximate surface area is 143 Å². The van der Waals surface area contributed by atoms with Gasteiger partial charge in [-0.3, -0.25) is 0 Å². The van der Waals surface area contributed by atoms with Crippen LogP contribution >= 0.6 is 0 Å². The van der Waals surface area contributed by atoms with Crippen molar-refractivity contribution in [2.75, 3.05) is 11.4 Å². The predicted octanol–water partition coefficient (Wildman–Crippen LogP) is 6.75. The highest BCUT2D eigenvalue weighted by molar-refractivity contribution is 5.59. The molecular formula is C22H33N. The Morgan fingerprint density at radius 2 is 1.83 bits per heavy atom. The van der Waals surface area contributed by atoms with Gasteiger partial charge in [0.1, 0.15) is 0 Å². The van der Waals surface area contributed by atoms with Crippen LogP contribution in [0.2, 0.25) is 0 Å². The van der Waals surface area contributed by atoms with Crippen LogP contribution < -0.4 is 4.90 Å². The molecule has 0 aliphatic heterocycles. The third-order valence-corrected chi connectivity index (χ3v) is 3.59. The van der Waals surface area contributed by atoms with E-state index in [2.05, 4.69) is 68.3 Å². The van der Waals surface area contributed by atoms with Crippen molar-refractivity contribution < 1.29 is 0 Å². The quantitative estimate of drug-likeness (QED) is 0.398. The van der Waals surface area contributed by atoms with E-state index < -0.39 is 0 Å². The Morgan fingerprint density at radius 3 is 2.30 bits per heavy atom. The van der Waals surface area contributed by atoms with Gasteiger partial charge in [0, 0.05) is 24.4 Å². The highest BCUT2D eigenvalue weighted by atomic mass is 15.1. The van der Waals surface area contributed by atoms with E-state index in [9.17, 15) is 0 Å². The molecule has 0 aliphatic carbocycles. The zero-order valence-electron chi connectivity index (χ0n) is 15.8. The van der Waals surface area contributed by atoms with Crippen molar-refractivity contribution in [2.45, 2.75) is 48.0 Å². The summed E-state index contributed by atoms with van der Waals surface area (Å²) in [5, 5.41) is 0. The largest absolute Gasteiger partial charge is 0.341 e. The topological polar surface area (TPSA) is 3.24 Å². The fourth-order valence-corrected chi connectivity index (χ4v) is 2.30. The van der Waals surface area contributed by atoms with E-state index in [0.29, 0.717) is 0 Å². The Bertz CT molecular complexity index is 561. The lowest BCUT2D eigenvalue weighted by Gasteiger charge is -2.29. The summed E-state index contributed by atoms with van der Waals surface area (Å²) < 4.78 is 0. The van der Waals surface area contributed by atoms with E-state index in [-0.39, 0.29) is 0 Å². The van der Waals surface area contributed by atoms with Gasteiger partial charge in [0.25, 0.3) is 0 Å². The van der Waals surface area contributed by atoms with Crippen LogP contribution in [0.1, 0.15) is 45.2 Å². The second kappa shape index (κ2) is 11.5. The molecule has 0 amide bonds. The standard InChI is InChI=1S/C20H27N.C2H6/c1-7-10-11-18(6)21(15-19(8-2)9-3)20-13-12-16(4)14-17(20)5;1-2/h7-10,12-14H,2,6,11,15H2,1,3-5H3;1-2H3/b10-7+,19-9+;. The maximum atomic E-state index is 4.27. The molecule has 0 aliphatic rings. The molecule has 0 saturated heterocycles. The van der Waals surface area contributed by atoms with Gasteiger partial charge in [0.2, 0.25) is 0 Å². The monoisotopic (exact) mass is 311 g/mol. The van der Waals surface area contributed by atoms with Gasteiger partial charge in [-0.15, -0.1) is 0 Å². The summed E-state index contributed by atoms with van der Waals surface area (Å²) in [6, 6.07) is 6.55. The molecule has 1 aromatic carbocycles. The van der Waals surface area contributed by atoms with Gasteiger partial charge < -0.3 is 4.90 Å². The summed E-state index contributed by atoms with van der Waals surface area (Å²) in [5.41, 5.74) is 6.08. The fourth-order valence-electron chi connectivity index (χ4n) is 2.30. The molecule has 0 fully saturated rings. The summed E-state index contributed by atoms with van der Waals surface area (Å²) in [6.07, 6.45) is 9.08. The van der Waals surface area contributed by atoms with Gasteiger partial charge in [0.15, 0.2) is 0 Å². The van der Waals surface area contributed by atoms with Crippen molar-refractivity contribution in [3.63, 3.8) is 0 Å². The first-order chi connectivity index (χ1) is 11.0. The van der Waals surface area contributed by atoms with E-state index in [0.717, 1.165) is 18.7 Å². The molecule has 1 heteroatoms. The Hall–Kier alpha value is -2.02. The third kappa shape index (κ3) is 6.73. The molecule has 1 rings (SSSR count). The number of hydrogen-bond donors (Lipinski definition) is 0. The van der Waals surface area contributed by atoms with Gasteiger partial charge in [0.05, 0.1) is 0 Å². The summed E-state index contributed by atoms with van der Waals surface area (Å²) in [7, 11) is 0. The lowest BCUT2D eigenvalue weighted by Crippen LogP contribution is -2.24. The van der Waals surface area contributed by atoms with Crippen LogP contribution in [0, 0.1) is 13.8 Å². The van der Waals surface area contributed by atoms with Crippen LogP contribution in [0.3, 0.4) is 0 Å². The molecular weight excluding hydrogens is 278 g/mol. The first kappa shape index (κ1) is 21.0. The summed E-state index contributed by atoms with van der Waals surface area (Å²) in [5.74, 6) is 0. The minimum atomic E-state index is 0.806. The smallest absolute Gasteiger partial charge is 0.0475 e. The van der Waals surface area contributed by atoms with E-state index in [1.165, 1.54) is 22.4 Å². The number of benzene rings is 1. The summed E-state index contributed by atoms with van der Waals surface area (Å²) in [6.45, 7) is 21.3. The van der Waals surface area contributed by atoms with E-state index >= 15 is 0 Å². The molecule has 0 radical (unpaired) electrons. The van der Waals surface area contributed by atoms with E-state index in [4.69, 9.17) is 0 Å². The lowest BCUT2D eigenvalue weighted by molar-refractivity contribution is 0.944. The minimum absolute atomic E-state index is 0.806. The van der Waals surface area contributed by atoms with Crippen molar-refractivity contribution in [3.8, 4) is 0 Å². The average molecular weight is 312 g/mol. The number of rotatable bonds is 7. The first-order valence-corrected chi connectivity index (χ1v) is 8.44. The van der Waals surface area contributed by atoms with Crippen LogP contribution in [-0.4, -0.2) is 6.54 Å². The Balaban J connectivity index is 0.00000232. The molecule has 0 saturated carbocycles. The minimum Gasteiger partial charge on any atom is -0.341 e. The number of allylic oxidation sites excluding steroid dienone is 3. The maximum absolute atomic E-state index is 4.27. The summed E-state index contributed by atoms with van der Waals surface area (Å²) >= 11 is 0. The van der Waals surface area contributed by atoms with Gasteiger partial charge in [-0.05, 0) is 44.9 Å². The maximum Gasteiger partial charge on any atom is 0.0475 e. The summed E-state index contributed by atoms with van der Waals surface area (Å²) in [4.78, 5) is 2.28.